The van der Waals surface area contributed by atoms with Crippen molar-refractivity contribution in [2.45, 2.75) is 102 Å². The summed E-state index contributed by atoms with van der Waals surface area (Å²) >= 11 is 0. The summed E-state index contributed by atoms with van der Waals surface area (Å²) in [5, 5.41) is 0. The minimum Gasteiger partial charge on any atom is -0.378 e. The van der Waals surface area contributed by atoms with E-state index < -0.39 is 5.79 Å². The molecule has 0 aromatic heterocycles. The average molecular weight is 409 g/mol. The lowest BCUT2D eigenvalue weighted by atomic mass is 9.90. The van der Waals surface area contributed by atoms with Crippen molar-refractivity contribution in [3.8, 4) is 0 Å². The van der Waals surface area contributed by atoms with Gasteiger partial charge in [0.15, 0.2) is 12.1 Å². The van der Waals surface area contributed by atoms with Crippen LogP contribution in [0.15, 0.2) is 12.2 Å². The van der Waals surface area contributed by atoms with Crippen molar-refractivity contribution in [3.63, 3.8) is 0 Å². The third-order valence-corrected chi connectivity index (χ3v) is 7.09. The van der Waals surface area contributed by atoms with Crippen LogP contribution in [0.2, 0.25) is 0 Å². The Labute approximate surface area is 176 Å². The molecule has 5 atom stereocenters. The van der Waals surface area contributed by atoms with Gasteiger partial charge in [-0.15, -0.1) is 0 Å². The monoisotopic (exact) mass is 408 g/mol. The first-order valence-electron chi connectivity index (χ1n) is 12.2. The Balaban J connectivity index is 1.38. The van der Waals surface area contributed by atoms with Crippen molar-refractivity contribution in [2.75, 3.05) is 26.4 Å². The molecular formula is C24H40O5. The first-order chi connectivity index (χ1) is 14.3. The highest BCUT2D eigenvalue weighted by molar-refractivity contribution is 5.09. The van der Waals surface area contributed by atoms with E-state index in [-0.39, 0.29) is 12.4 Å². The molecule has 3 heterocycles. The van der Waals surface area contributed by atoms with Crippen molar-refractivity contribution in [1.29, 1.82) is 0 Å². The SMILES string of the molecule is CCCCCCCC1(/C=C/[C@@H]2[C@H]3CCO[C@H]3C[C@H]2OC2CCCCO2)OCCO1. The van der Waals surface area contributed by atoms with Crippen LogP contribution in [-0.4, -0.2) is 50.7 Å². The topological polar surface area (TPSA) is 46.2 Å². The number of unbranched alkanes of at least 4 members (excludes halogenated alkanes) is 4. The van der Waals surface area contributed by atoms with Crippen molar-refractivity contribution >= 4 is 0 Å². The molecule has 1 unspecified atom stereocenters. The summed E-state index contributed by atoms with van der Waals surface area (Å²) in [6.07, 6.45) is 17.7. The minimum atomic E-state index is -0.532. The van der Waals surface area contributed by atoms with E-state index in [0.717, 1.165) is 51.7 Å². The molecule has 0 N–H and O–H groups in total. The molecule has 5 heteroatoms. The Kier molecular flexibility index (Phi) is 8.04. The zero-order valence-electron chi connectivity index (χ0n) is 18.2. The van der Waals surface area contributed by atoms with Gasteiger partial charge < -0.3 is 23.7 Å². The van der Waals surface area contributed by atoms with Crippen LogP contribution < -0.4 is 0 Å². The lowest BCUT2D eigenvalue weighted by molar-refractivity contribution is -0.194. The predicted molar refractivity (Wildman–Crippen MR) is 112 cm³/mol. The van der Waals surface area contributed by atoms with E-state index >= 15 is 0 Å². The second kappa shape index (κ2) is 10.7. The summed E-state index contributed by atoms with van der Waals surface area (Å²) in [5.74, 6) is 0.371. The van der Waals surface area contributed by atoms with E-state index in [1.807, 2.05) is 0 Å². The van der Waals surface area contributed by atoms with Gasteiger partial charge in [0.1, 0.15) is 0 Å². The minimum absolute atomic E-state index is 0.0463. The van der Waals surface area contributed by atoms with E-state index in [2.05, 4.69) is 19.1 Å². The summed E-state index contributed by atoms with van der Waals surface area (Å²) in [4.78, 5) is 0. The lowest BCUT2D eigenvalue weighted by Gasteiger charge is -2.30. The van der Waals surface area contributed by atoms with Gasteiger partial charge in [0, 0.05) is 32.0 Å². The fourth-order valence-corrected chi connectivity index (χ4v) is 5.46. The molecule has 4 aliphatic rings. The van der Waals surface area contributed by atoms with E-state index in [0.29, 0.717) is 31.2 Å². The van der Waals surface area contributed by atoms with E-state index in [1.54, 1.807) is 0 Å². The second-order valence-corrected chi connectivity index (χ2v) is 9.18. The van der Waals surface area contributed by atoms with Crippen LogP contribution in [-0.2, 0) is 23.7 Å². The molecule has 0 radical (unpaired) electrons. The van der Waals surface area contributed by atoms with E-state index in [1.165, 1.54) is 32.1 Å². The Hall–Kier alpha value is -0.460. The molecule has 1 aliphatic carbocycles. The number of ether oxygens (including phenoxy) is 5. The highest BCUT2D eigenvalue weighted by Crippen LogP contribution is 2.44. The highest BCUT2D eigenvalue weighted by atomic mass is 16.7. The molecule has 29 heavy (non-hydrogen) atoms. The Bertz CT molecular complexity index is 509. The maximum absolute atomic E-state index is 6.44. The maximum atomic E-state index is 6.44. The van der Waals surface area contributed by atoms with Gasteiger partial charge in [-0.3, -0.25) is 0 Å². The van der Waals surface area contributed by atoms with Crippen LogP contribution in [0.4, 0.5) is 0 Å². The smallest absolute Gasteiger partial charge is 0.187 e. The van der Waals surface area contributed by atoms with Crippen LogP contribution in [0.1, 0.15) is 77.6 Å². The molecule has 5 nitrogen and oxygen atoms in total. The molecule has 4 fully saturated rings. The number of hydrogen-bond donors (Lipinski definition) is 0. The summed E-state index contributed by atoms with van der Waals surface area (Å²) in [6.45, 7) is 5.34. The summed E-state index contributed by atoms with van der Waals surface area (Å²) in [7, 11) is 0. The van der Waals surface area contributed by atoms with Crippen LogP contribution in [0.25, 0.3) is 0 Å². The molecule has 166 valence electrons. The fourth-order valence-electron chi connectivity index (χ4n) is 5.46. The van der Waals surface area contributed by atoms with Gasteiger partial charge in [0.05, 0.1) is 25.4 Å². The van der Waals surface area contributed by atoms with E-state index in [9.17, 15) is 0 Å². The van der Waals surface area contributed by atoms with Gasteiger partial charge in [-0.2, -0.15) is 0 Å². The molecular weight excluding hydrogens is 368 g/mol. The molecule has 0 spiro atoms. The van der Waals surface area contributed by atoms with Crippen LogP contribution in [0.3, 0.4) is 0 Å². The number of hydrogen-bond acceptors (Lipinski definition) is 5. The summed E-state index contributed by atoms with van der Waals surface area (Å²) in [6, 6.07) is 0. The Morgan fingerprint density at radius 2 is 1.79 bits per heavy atom. The van der Waals surface area contributed by atoms with Crippen molar-refractivity contribution in [3.05, 3.63) is 12.2 Å². The lowest BCUT2D eigenvalue weighted by Crippen LogP contribution is -2.32. The standard InChI is InChI=1S/C24H40O5/c1-2-3-4-5-7-12-24(27-16-17-28-24)13-10-19-20-11-15-25-21(20)18-22(19)29-23-9-6-8-14-26-23/h10,13,19-23H,2-9,11-12,14-18H2,1H3/b13-10+/t19-,20-,21+,22-,23?/m1/s1. The molecule has 0 aromatic carbocycles. The molecule has 1 saturated carbocycles. The average Bonchev–Trinajstić information content (AvgIpc) is 3.45. The molecule has 0 aromatic rings. The second-order valence-electron chi connectivity index (χ2n) is 9.18. The zero-order chi connectivity index (χ0) is 19.9. The molecule has 3 saturated heterocycles. The fraction of sp³-hybridized carbons (Fsp3) is 0.917. The first kappa shape index (κ1) is 21.8. The number of rotatable bonds is 10. The van der Waals surface area contributed by atoms with Gasteiger partial charge in [0.2, 0.25) is 0 Å². The largest absolute Gasteiger partial charge is 0.378 e. The Morgan fingerprint density at radius 1 is 0.931 bits per heavy atom. The predicted octanol–water partition coefficient (Wildman–Crippen LogP) is 4.98. The van der Waals surface area contributed by atoms with Crippen molar-refractivity contribution < 1.29 is 23.7 Å². The van der Waals surface area contributed by atoms with Gasteiger partial charge >= 0.3 is 0 Å². The van der Waals surface area contributed by atoms with Crippen molar-refractivity contribution in [1.82, 2.24) is 0 Å². The van der Waals surface area contributed by atoms with E-state index in [4.69, 9.17) is 23.7 Å². The third-order valence-electron chi connectivity index (χ3n) is 7.09. The van der Waals surface area contributed by atoms with Crippen LogP contribution in [0.5, 0.6) is 0 Å². The third kappa shape index (κ3) is 5.62. The van der Waals surface area contributed by atoms with Gasteiger partial charge in [-0.05, 0) is 44.1 Å². The van der Waals surface area contributed by atoms with Gasteiger partial charge in [0.25, 0.3) is 0 Å². The summed E-state index contributed by atoms with van der Waals surface area (Å²) in [5.41, 5.74) is 0. The molecule has 0 bridgehead atoms. The first-order valence-corrected chi connectivity index (χ1v) is 12.2. The normalized spacial score (nSPS) is 36.8. The van der Waals surface area contributed by atoms with Gasteiger partial charge in [-0.25, -0.2) is 0 Å². The summed E-state index contributed by atoms with van der Waals surface area (Å²) < 4.78 is 30.5. The van der Waals surface area contributed by atoms with Crippen molar-refractivity contribution in [2.24, 2.45) is 11.8 Å². The molecule has 4 rings (SSSR count). The molecule has 0 amide bonds. The number of fused-ring (bicyclic) bond motifs is 1. The molecule has 3 aliphatic heterocycles. The quantitative estimate of drug-likeness (QED) is 0.377. The van der Waals surface area contributed by atoms with Crippen LogP contribution in [0, 0.1) is 11.8 Å². The maximum Gasteiger partial charge on any atom is 0.187 e. The zero-order valence-corrected chi connectivity index (χ0v) is 18.2. The van der Waals surface area contributed by atoms with Gasteiger partial charge in [-0.1, -0.05) is 38.7 Å². The Morgan fingerprint density at radius 3 is 2.59 bits per heavy atom. The highest BCUT2D eigenvalue weighted by Gasteiger charge is 2.47. The van der Waals surface area contributed by atoms with Crippen LogP contribution >= 0.6 is 0 Å².